The second-order valence-electron chi connectivity index (χ2n) is 6.58. The summed E-state index contributed by atoms with van der Waals surface area (Å²) in [5.74, 6) is -0.356. The highest BCUT2D eigenvalue weighted by atomic mass is 16.5. The molecule has 0 aliphatic rings. The van der Waals surface area contributed by atoms with E-state index in [0.29, 0.717) is 24.4 Å². The first-order valence-electron chi connectivity index (χ1n) is 9.02. The van der Waals surface area contributed by atoms with E-state index >= 15 is 0 Å². The molecule has 6 heteroatoms. The van der Waals surface area contributed by atoms with E-state index in [2.05, 4.69) is 27.7 Å². The molecule has 0 heterocycles. The topological polar surface area (TPSA) is 70.7 Å². The number of ether oxygens (including phenoxy) is 1. The minimum Gasteiger partial charge on any atom is -0.462 e. The Bertz CT molecular complexity index is 758. The molecule has 2 aromatic carbocycles. The predicted octanol–water partition coefficient (Wildman–Crippen LogP) is 3.64. The number of hydrogen-bond donors (Lipinski definition) is 2. The number of carbonyl (C=O) groups excluding carboxylic acids is 2. The molecule has 0 saturated heterocycles. The summed E-state index contributed by atoms with van der Waals surface area (Å²) < 4.78 is 5.08. The summed E-state index contributed by atoms with van der Waals surface area (Å²) in [4.78, 5) is 26.0. The molecule has 0 saturated carbocycles. The molecule has 2 aromatic rings. The standard InChI is InChI=1S/C21H27N3O3/c1-4-12-27-20(25)18-8-10-19(11-9-18)23-21(26)22-14-16-6-5-7-17(13-16)15-24(2)3/h5-11,13H,4,12,14-15H2,1-3H3,(H2,22,23,26). The molecule has 0 bridgehead atoms. The predicted molar refractivity (Wildman–Crippen MR) is 107 cm³/mol. The number of hydrogen-bond acceptors (Lipinski definition) is 4. The third kappa shape index (κ3) is 7.11. The number of esters is 1. The number of anilines is 1. The van der Waals surface area contributed by atoms with E-state index in [4.69, 9.17) is 4.74 Å². The van der Waals surface area contributed by atoms with Gasteiger partial charge in [-0.1, -0.05) is 31.2 Å². The monoisotopic (exact) mass is 369 g/mol. The quantitative estimate of drug-likeness (QED) is 0.697. The van der Waals surface area contributed by atoms with Crippen LogP contribution >= 0.6 is 0 Å². The van der Waals surface area contributed by atoms with Gasteiger partial charge < -0.3 is 20.3 Å². The number of amides is 2. The molecule has 0 atom stereocenters. The van der Waals surface area contributed by atoms with Crippen molar-refractivity contribution in [1.29, 1.82) is 0 Å². The Balaban J connectivity index is 1.84. The van der Waals surface area contributed by atoms with Gasteiger partial charge in [-0.15, -0.1) is 0 Å². The summed E-state index contributed by atoms with van der Waals surface area (Å²) in [5, 5.41) is 5.60. The van der Waals surface area contributed by atoms with Crippen LogP contribution in [0.15, 0.2) is 48.5 Å². The third-order valence-electron chi connectivity index (χ3n) is 3.76. The maximum atomic E-state index is 12.1. The van der Waals surface area contributed by atoms with Crippen molar-refractivity contribution in [3.8, 4) is 0 Å². The molecule has 6 nitrogen and oxygen atoms in total. The number of nitrogens with one attached hydrogen (secondary N) is 2. The summed E-state index contributed by atoms with van der Waals surface area (Å²) in [6.45, 7) is 3.63. The molecule has 2 N–H and O–H groups in total. The van der Waals surface area contributed by atoms with Gasteiger partial charge >= 0.3 is 12.0 Å². The van der Waals surface area contributed by atoms with Crippen molar-refractivity contribution in [3.63, 3.8) is 0 Å². The lowest BCUT2D eigenvalue weighted by Crippen LogP contribution is -2.28. The lowest BCUT2D eigenvalue weighted by Gasteiger charge is -2.12. The Kier molecular flexibility index (Phi) is 7.82. The van der Waals surface area contributed by atoms with Crippen molar-refractivity contribution in [2.75, 3.05) is 26.0 Å². The molecule has 0 unspecified atom stereocenters. The maximum Gasteiger partial charge on any atom is 0.338 e. The molecule has 0 spiro atoms. The van der Waals surface area contributed by atoms with Crippen LogP contribution < -0.4 is 10.6 Å². The maximum absolute atomic E-state index is 12.1. The minimum atomic E-state index is -0.356. The third-order valence-corrected chi connectivity index (χ3v) is 3.76. The number of carbonyl (C=O) groups is 2. The average molecular weight is 369 g/mol. The van der Waals surface area contributed by atoms with E-state index in [-0.39, 0.29) is 12.0 Å². The summed E-state index contributed by atoms with van der Waals surface area (Å²) in [5.41, 5.74) is 3.32. The van der Waals surface area contributed by atoms with Crippen LogP contribution in [-0.2, 0) is 17.8 Å². The first-order valence-corrected chi connectivity index (χ1v) is 9.02. The van der Waals surface area contributed by atoms with Crippen molar-refractivity contribution in [2.45, 2.75) is 26.4 Å². The van der Waals surface area contributed by atoms with Crippen molar-refractivity contribution in [1.82, 2.24) is 10.2 Å². The minimum absolute atomic E-state index is 0.297. The Morgan fingerprint density at radius 1 is 1.04 bits per heavy atom. The Morgan fingerprint density at radius 2 is 1.74 bits per heavy atom. The smallest absolute Gasteiger partial charge is 0.338 e. The van der Waals surface area contributed by atoms with Gasteiger partial charge in [0.1, 0.15) is 0 Å². The fourth-order valence-electron chi connectivity index (χ4n) is 2.53. The summed E-state index contributed by atoms with van der Waals surface area (Å²) in [6.07, 6.45) is 0.781. The van der Waals surface area contributed by atoms with Crippen LogP contribution in [-0.4, -0.2) is 37.6 Å². The van der Waals surface area contributed by atoms with Crippen LogP contribution in [0.4, 0.5) is 10.5 Å². The van der Waals surface area contributed by atoms with E-state index in [1.807, 2.05) is 33.2 Å². The van der Waals surface area contributed by atoms with Gasteiger partial charge in [-0.2, -0.15) is 0 Å². The Hall–Kier alpha value is -2.86. The number of nitrogens with zero attached hydrogens (tertiary/aromatic N) is 1. The number of benzene rings is 2. The lowest BCUT2D eigenvalue weighted by atomic mass is 10.1. The van der Waals surface area contributed by atoms with Crippen LogP contribution in [0.2, 0.25) is 0 Å². The highest BCUT2D eigenvalue weighted by molar-refractivity contribution is 5.92. The molecule has 0 aliphatic carbocycles. The first-order chi connectivity index (χ1) is 13.0. The first kappa shape index (κ1) is 20.5. The molecular weight excluding hydrogens is 342 g/mol. The zero-order chi connectivity index (χ0) is 19.6. The van der Waals surface area contributed by atoms with E-state index in [9.17, 15) is 9.59 Å². The largest absolute Gasteiger partial charge is 0.462 e. The lowest BCUT2D eigenvalue weighted by molar-refractivity contribution is 0.0505. The summed E-state index contributed by atoms with van der Waals surface area (Å²) in [6, 6.07) is 14.5. The van der Waals surface area contributed by atoms with Gasteiger partial charge in [-0.25, -0.2) is 9.59 Å². The van der Waals surface area contributed by atoms with Crippen LogP contribution in [0.5, 0.6) is 0 Å². The van der Waals surface area contributed by atoms with E-state index in [0.717, 1.165) is 18.5 Å². The highest BCUT2D eigenvalue weighted by Gasteiger charge is 2.07. The number of rotatable bonds is 8. The van der Waals surface area contributed by atoms with Gasteiger partial charge in [0.2, 0.25) is 0 Å². The Labute approximate surface area is 160 Å². The van der Waals surface area contributed by atoms with Crippen LogP contribution in [0.3, 0.4) is 0 Å². The average Bonchev–Trinajstić information content (AvgIpc) is 2.65. The summed E-state index contributed by atoms with van der Waals surface area (Å²) >= 11 is 0. The molecule has 2 amide bonds. The van der Waals surface area contributed by atoms with E-state index in [1.54, 1.807) is 24.3 Å². The normalized spacial score (nSPS) is 10.5. The van der Waals surface area contributed by atoms with E-state index in [1.165, 1.54) is 5.56 Å². The molecule has 0 aromatic heterocycles. The van der Waals surface area contributed by atoms with Gasteiger partial charge in [0.05, 0.1) is 12.2 Å². The van der Waals surface area contributed by atoms with Crippen molar-refractivity contribution in [2.24, 2.45) is 0 Å². The molecule has 0 aliphatic heterocycles. The molecule has 144 valence electrons. The van der Waals surface area contributed by atoms with Gasteiger partial charge in [0.25, 0.3) is 0 Å². The molecule has 0 radical (unpaired) electrons. The molecule has 2 rings (SSSR count). The fraction of sp³-hybridized carbons (Fsp3) is 0.333. The summed E-state index contributed by atoms with van der Waals surface area (Å²) in [7, 11) is 4.04. The fourth-order valence-corrected chi connectivity index (χ4v) is 2.53. The van der Waals surface area contributed by atoms with Gasteiger partial charge in [0.15, 0.2) is 0 Å². The van der Waals surface area contributed by atoms with Gasteiger partial charge in [-0.3, -0.25) is 0 Å². The Morgan fingerprint density at radius 3 is 2.41 bits per heavy atom. The van der Waals surface area contributed by atoms with Crippen molar-refractivity contribution in [3.05, 3.63) is 65.2 Å². The number of urea groups is 1. The zero-order valence-electron chi connectivity index (χ0n) is 16.1. The van der Waals surface area contributed by atoms with Crippen molar-refractivity contribution >= 4 is 17.7 Å². The molecular formula is C21H27N3O3. The second kappa shape index (κ2) is 10.3. The zero-order valence-corrected chi connectivity index (χ0v) is 16.1. The van der Waals surface area contributed by atoms with E-state index < -0.39 is 0 Å². The highest BCUT2D eigenvalue weighted by Crippen LogP contribution is 2.11. The SMILES string of the molecule is CCCOC(=O)c1ccc(NC(=O)NCc2cccc(CN(C)C)c2)cc1. The van der Waals surface area contributed by atoms with Crippen LogP contribution in [0.25, 0.3) is 0 Å². The van der Waals surface area contributed by atoms with Crippen molar-refractivity contribution < 1.29 is 14.3 Å². The molecule has 0 fully saturated rings. The van der Waals surface area contributed by atoms with Gasteiger partial charge in [0, 0.05) is 18.8 Å². The van der Waals surface area contributed by atoms with Gasteiger partial charge in [-0.05, 0) is 55.9 Å². The molecule has 27 heavy (non-hydrogen) atoms. The second-order valence-corrected chi connectivity index (χ2v) is 6.58. The van der Waals surface area contributed by atoms with Crippen LogP contribution in [0.1, 0.15) is 34.8 Å². The van der Waals surface area contributed by atoms with Crippen LogP contribution in [0, 0.1) is 0 Å².